The molecule has 3 aliphatic heterocycles. The molecule has 1 amide bonds. The zero-order chi connectivity index (χ0) is 19.8. The molecule has 3 fully saturated rings. The third-order valence-electron chi connectivity index (χ3n) is 5.51. The van der Waals surface area contributed by atoms with Crippen molar-refractivity contribution in [2.45, 2.75) is 61.4 Å². The Morgan fingerprint density at radius 3 is 2.59 bits per heavy atom. The molecule has 156 valence electrons. The number of hydrogen-bond donors (Lipinski definition) is 6. The summed E-state index contributed by atoms with van der Waals surface area (Å²) in [7, 11) is 1.30. The van der Waals surface area contributed by atoms with Gasteiger partial charge in [-0.3, -0.25) is 4.79 Å². The number of nitrogens with one attached hydrogen (secondary N) is 1. The summed E-state index contributed by atoms with van der Waals surface area (Å²) < 4.78 is 21.9. The van der Waals surface area contributed by atoms with Gasteiger partial charge in [-0.1, -0.05) is 0 Å². The standard InChI is InChI=1S/C16H27NO10/c1-24-14-12(22)10(11(21)9(5-19)26-14)13-16(15(23)17-6-25-13)3-7(20)2-8(4-18)27-16/h7-14,18-22H,2-6H2,1H3,(H,17,23). The molecule has 0 aliphatic carbocycles. The van der Waals surface area contributed by atoms with E-state index in [1.54, 1.807) is 0 Å². The number of rotatable bonds is 4. The van der Waals surface area contributed by atoms with E-state index in [1.807, 2.05) is 0 Å². The van der Waals surface area contributed by atoms with Crippen LogP contribution in [0, 0.1) is 5.92 Å². The fourth-order valence-electron chi connectivity index (χ4n) is 4.27. The first-order chi connectivity index (χ1) is 12.9. The highest BCUT2D eigenvalue weighted by molar-refractivity contribution is 5.87. The van der Waals surface area contributed by atoms with Gasteiger partial charge in [0.2, 0.25) is 0 Å². The fourth-order valence-corrected chi connectivity index (χ4v) is 4.27. The Labute approximate surface area is 155 Å². The molecule has 3 rings (SSSR count). The molecule has 0 aromatic heterocycles. The summed E-state index contributed by atoms with van der Waals surface area (Å²) in [4.78, 5) is 12.8. The molecule has 27 heavy (non-hydrogen) atoms. The van der Waals surface area contributed by atoms with Crippen LogP contribution in [-0.2, 0) is 23.7 Å². The maximum Gasteiger partial charge on any atom is 0.256 e. The van der Waals surface area contributed by atoms with Gasteiger partial charge in [0.1, 0.15) is 25.0 Å². The van der Waals surface area contributed by atoms with E-state index in [1.165, 1.54) is 7.11 Å². The van der Waals surface area contributed by atoms with Crippen LogP contribution in [-0.4, -0.2) is 107 Å². The maximum absolute atomic E-state index is 12.8. The van der Waals surface area contributed by atoms with E-state index >= 15 is 0 Å². The van der Waals surface area contributed by atoms with Crippen molar-refractivity contribution in [3.63, 3.8) is 0 Å². The lowest BCUT2D eigenvalue weighted by atomic mass is 9.72. The lowest BCUT2D eigenvalue weighted by molar-refractivity contribution is -0.318. The predicted octanol–water partition coefficient (Wildman–Crippen LogP) is -3.57. The second-order valence-electron chi connectivity index (χ2n) is 7.16. The van der Waals surface area contributed by atoms with Crippen molar-refractivity contribution in [3.8, 4) is 0 Å². The number of amides is 1. The quantitative estimate of drug-likeness (QED) is 0.281. The Morgan fingerprint density at radius 2 is 1.96 bits per heavy atom. The van der Waals surface area contributed by atoms with Crippen molar-refractivity contribution in [3.05, 3.63) is 0 Å². The van der Waals surface area contributed by atoms with E-state index in [9.17, 15) is 30.3 Å². The smallest absolute Gasteiger partial charge is 0.256 e. The number of aliphatic hydroxyl groups excluding tert-OH is 5. The first-order valence-electron chi connectivity index (χ1n) is 8.89. The molecule has 1 spiro atoms. The van der Waals surface area contributed by atoms with Crippen LogP contribution in [0.2, 0.25) is 0 Å². The third kappa shape index (κ3) is 3.59. The monoisotopic (exact) mass is 393 g/mol. The summed E-state index contributed by atoms with van der Waals surface area (Å²) in [5.41, 5.74) is -1.73. The Kier molecular flexibility index (Phi) is 6.35. The van der Waals surface area contributed by atoms with Gasteiger partial charge in [0.05, 0.1) is 31.5 Å². The molecule has 0 aromatic carbocycles. The second kappa shape index (κ2) is 8.23. The van der Waals surface area contributed by atoms with E-state index in [4.69, 9.17) is 18.9 Å². The van der Waals surface area contributed by atoms with Crippen molar-refractivity contribution < 1.29 is 49.3 Å². The van der Waals surface area contributed by atoms with Crippen LogP contribution >= 0.6 is 0 Å². The molecule has 3 heterocycles. The fraction of sp³-hybridized carbons (Fsp3) is 0.938. The third-order valence-corrected chi connectivity index (χ3v) is 5.51. The molecule has 0 saturated carbocycles. The molecular weight excluding hydrogens is 366 g/mol. The Bertz CT molecular complexity index is 519. The van der Waals surface area contributed by atoms with Gasteiger partial charge in [0, 0.05) is 25.9 Å². The van der Waals surface area contributed by atoms with Gasteiger partial charge < -0.3 is 49.8 Å². The summed E-state index contributed by atoms with van der Waals surface area (Å²) in [6.07, 6.45) is -7.96. The maximum atomic E-state index is 12.8. The van der Waals surface area contributed by atoms with Gasteiger partial charge >= 0.3 is 0 Å². The normalized spacial score (nSPS) is 48.4. The summed E-state index contributed by atoms with van der Waals surface area (Å²) in [6, 6.07) is 0. The minimum atomic E-state index is -1.73. The van der Waals surface area contributed by atoms with E-state index in [-0.39, 0.29) is 19.6 Å². The van der Waals surface area contributed by atoms with Crippen LogP contribution in [0.3, 0.4) is 0 Å². The average Bonchev–Trinajstić information content (AvgIpc) is 2.65. The molecule has 3 aliphatic rings. The summed E-state index contributed by atoms with van der Waals surface area (Å²) in [5.74, 6) is -1.69. The largest absolute Gasteiger partial charge is 0.394 e. The van der Waals surface area contributed by atoms with Crippen molar-refractivity contribution in [1.82, 2.24) is 5.32 Å². The van der Waals surface area contributed by atoms with E-state index < -0.39 is 73.6 Å². The first-order valence-corrected chi connectivity index (χ1v) is 8.89. The van der Waals surface area contributed by atoms with Gasteiger partial charge in [0.25, 0.3) is 5.91 Å². The molecule has 3 saturated heterocycles. The Hall–Kier alpha value is -0.890. The van der Waals surface area contributed by atoms with Crippen LogP contribution in [0.25, 0.3) is 0 Å². The van der Waals surface area contributed by atoms with Gasteiger partial charge in [-0.15, -0.1) is 0 Å². The lowest BCUT2D eigenvalue weighted by Crippen LogP contribution is -2.73. The second-order valence-corrected chi connectivity index (χ2v) is 7.16. The molecule has 11 heteroatoms. The molecule has 0 bridgehead atoms. The SMILES string of the molecule is COC1OC(CO)C(O)C(C2OCNC(=O)C23CC(O)CC(CO)O3)C1O. The highest BCUT2D eigenvalue weighted by atomic mass is 16.7. The van der Waals surface area contributed by atoms with Crippen LogP contribution in [0.15, 0.2) is 0 Å². The highest BCUT2D eigenvalue weighted by Gasteiger charge is 2.62. The molecule has 9 atom stereocenters. The Morgan fingerprint density at radius 1 is 1.22 bits per heavy atom. The van der Waals surface area contributed by atoms with Crippen LogP contribution < -0.4 is 5.32 Å². The topological polar surface area (TPSA) is 167 Å². The predicted molar refractivity (Wildman–Crippen MR) is 86.1 cm³/mol. The van der Waals surface area contributed by atoms with Crippen LogP contribution in [0.5, 0.6) is 0 Å². The summed E-state index contributed by atoms with van der Waals surface area (Å²) >= 11 is 0. The molecular formula is C16H27NO10. The van der Waals surface area contributed by atoms with Gasteiger partial charge in [0.15, 0.2) is 11.9 Å². The molecule has 9 unspecified atom stereocenters. The Balaban J connectivity index is 1.99. The van der Waals surface area contributed by atoms with Gasteiger partial charge in [-0.2, -0.15) is 0 Å². The number of hydrogen-bond acceptors (Lipinski definition) is 10. The number of aliphatic hydroxyl groups is 5. The summed E-state index contributed by atoms with van der Waals surface area (Å²) in [5, 5.41) is 53.1. The average molecular weight is 393 g/mol. The minimum Gasteiger partial charge on any atom is -0.394 e. The van der Waals surface area contributed by atoms with Crippen molar-refractivity contribution >= 4 is 5.91 Å². The van der Waals surface area contributed by atoms with Crippen molar-refractivity contribution in [2.24, 2.45) is 5.92 Å². The highest BCUT2D eigenvalue weighted by Crippen LogP contribution is 2.42. The van der Waals surface area contributed by atoms with Crippen molar-refractivity contribution in [2.75, 3.05) is 27.1 Å². The van der Waals surface area contributed by atoms with E-state index in [2.05, 4.69) is 5.32 Å². The van der Waals surface area contributed by atoms with Crippen LogP contribution in [0.1, 0.15) is 12.8 Å². The van der Waals surface area contributed by atoms with Crippen molar-refractivity contribution in [1.29, 1.82) is 0 Å². The zero-order valence-electron chi connectivity index (χ0n) is 14.9. The summed E-state index contributed by atoms with van der Waals surface area (Å²) in [6.45, 7) is -1.15. The van der Waals surface area contributed by atoms with Gasteiger partial charge in [-0.25, -0.2) is 0 Å². The number of carbonyl (C=O) groups excluding carboxylic acids is 1. The molecule has 11 nitrogen and oxygen atoms in total. The van der Waals surface area contributed by atoms with E-state index in [0.29, 0.717) is 0 Å². The van der Waals surface area contributed by atoms with E-state index in [0.717, 1.165) is 0 Å². The number of methoxy groups -OCH3 is 1. The molecule has 0 aromatic rings. The van der Waals surface area contributed by atoms with Gasteiger partial charge in [-0.05, 0) is 0 Å². The number of carbonyl (C=O) groups is 1. The van der Waals surface area contributed by atoms with Crippen LogP contribution in [0.4, 0.5) is 0 Å². The molecule has 0 radical (unpaired) electrons. The zero-order valence-corrected chi connectivity index (χ0v) is 14.9. The first kappa shape index (κ1) is 20.8. The molecule has 6 N–H and O–H groups in total. The number of ether oxygens (including phenoxy) is 4. The lowest BCUT2D eigenvalue weighted by Gasteiger charge is -2.53. The minimum absolute atomic E-state index is 0.136.